The van der Waals surface area contributed by atoms with Gasteiger partial charge in [-0.15, -0.1) is 11.3 Å². The summed E-state index contributed by atoms with van der Waals surface area (Å²) in [6, 6.07) is 3.33. The van der Waals surface area contributed by atoms with Gasteiger partial charge in [-0.2, -0.15) is 4.31 Å². The Morgan fingerprint density at radius 1 is 1.50 bits per heavy atom. The highest BCUT2D eigenvalue weighted by molar-refractivity contribution is 9.11. The molecule has 0 N–H and O–H groups in total. The molecule has 1 saturated heterocycles. The maximum Gasteiger partial charge on any atom is 0.254 e. The predicted octanol–water partition coefficient (Wildman–Crippen LogP) is 1.49. The summed E-state index contributed by atoms with van der Waals surface area (Å²) in [6.07, 6.45) is 0. The molecule has 78 valence electrons. The lowest BCUT2D eigenvalue weighted by atomic mass is 10.7. The minimum atomic E-state index is -3.32. The highest BCUT2D eigenvalue weighted by Crippen LogP contribution is 2.28. The van der Waals surface area contributed by atoms with Crippen LogP contribution in [-0.4, -0.2) is 32.6 Å². The Balaban J connectivity index is 2.32. The molecule has 0 aromatic carbocycles. The fourth-order valence-corrected chi connectivity index (χ4v) is 4.62. The minimum Gasteiger partial charge on any atom is -0.364 e. The first-order valence-corrected chi connectivity index (χ1v) is 6.99. The second-order valence-corrected chi connectivity index (χ2v) is 7.40. The minimum absolute atomic E-state index is 0.165. The molecule has 0 aliphatic carbocycles. The van der Waals surface area contributed by atoms with Gasteiger partial charge in [0.15, 0.2) is 0 Å². The number of thiophene rings is 1. The van der Waals surface area contributed by atoms with Crippen molar-refractivity contribution in [3.8, 4) is 0 Å². The van der Waals surface area contributed by atoms with E-state index in [0.29, 0.717) is 17.4 Å². The molecule has 0 spiro atoms. The van der Waals surface area contributed by atoms with Crippen molar-refractivity contribution in [3.05, 3.63) is 15.9 Å². The molecule has 0 atom stereocenters. The normalized spacial score (nSPS) is 18.9. The molecular formula is C7H8BrNO3S2. The predicted molar refractivity (Wildman–Crippen MR) is 56.7 cm³/mol. The Hall–Kier alpha value is 0.0500. The largest absolute Gasteiger partial charge is 0.364 e. The summed E-state index contributed by atoms with van der Waals surface area (Å²) in [6.45, 7) is 1.08. The third kappa shape index (κ3) is 1.87. The van der Waals surface area contributed by atoms with Crippen LogP contribution in [0.4, 0.5) is 0 Å². The fourth-order valence-electron chi connectivity index (χ4n) is 1.15. The van der Waals surface area contributed by atoms with Gasteiger partial charge in [-0.3, -0.25) is 0 Å². The average Bonchev–Trinajstić information content (AvgIpc) is 2.72. The maximum absolute atomic E-state index is 11.9. The zero-order chi connectivity index (χ0) is 10.2. The van der Waals surface area contributed by atoms with Crippen molar-refractivity contribution >= 4 is 37.3 Å². The summed E-state index contributed by atoms with van der Waals surface area (Å²) >= 11 is 4.45. The first kappa shape index (κ1) is 10.6. The van der Waals surface area contributed by atoms with Crippen molar-refractivity contribution < 1.29 is 13.2 Å². The quantitative estimate of drug-likeness (QED) is 0.831. The Labute approximate surface area is 94.7 Å². The summed E-state index contributed by atoms with van der Waals surface area (Å²) in [5, 5.41) is 0. The Kier molecular flexibility index (Phi) is 2.94. The highest BCUT2D eigenvalue weighted by atomic mass is 79.9. The van der Waals surface area contributed by atoms with Crippen LogP contribution in [0.1, 0.15) is 0 Å². The summed E-state index contributed by atoms with van der Waals surface area (Å²) < 4.78 is 31.3. The van der Waals surface area contributed by atoms with Crippen LogP contribution < -0.4 is 0 Å². The van der Waals surface area contributed by atoms with Crippen molar-refractivity contribution in [2.45, 2.75) is 4.21 Å². The molecular weight excluding hydrogens is 290 g/mol. The van der Waals surface area contributed by atoms with Crippen LogP contribution in [0.3, 0.4) is 0 Å². The molecule has 1 aliphatic rings. The van der Waals surface area contributed by atoms with Gasteiger partial charge >= 0.3 is 0 Å². The van der Waals surface area contributed by atoms with Gasteiger partial charge in [-0.05, 0) is 28.1 Å². The number of nitrogens with zero attached hydrogens (tertiary/aromatic N) is 1. The number of sulfonamides is 1. The highest BCUT2D eigenvalue weighted by Gasteiger charge is 2.28. The third-order valence-electron chi connectivity index (χ3n) is 1.86. The van der Waals surface area contributed by atoms with Crippen LogP contribution in [0.15, 0.2) is 20.1 Å². The second kappa shape index (κ2) is 3.90. The molecule has 1 aromatic rings. The molecule has 1 aliphatic heterocycles. The van der Waals surface area contributed by atoms with Crippen LogP contribution in [0.5, 0.6) is 0 Å². The number of halogens is 1. The zero-order valence-electron chi connectivity index (χ0n) is 7.14. The van der Waals surface area contributed by atoms with E-state index in [4.69, 9.17) is 4.74 Å². The van der Waals surface area contributed by atoms with E-state index in [1.165, 1.54) is 15.6 Å². The van der Waals surface area contributed by atoms with Gasteiger partial charge in [0.25, 0.3) is 10.0 Å². The summed E-state index contributed by atoms with van der Waals surface area (Å²) in [7, 11) is -3.32. The molecule has 0 unspecified atom stereocenters. The molecule has 7 heteroatoms. The van der Waals surface area contributed by atoms with Crippen LogP contribution in [-0.2, 0) is 14.8 Å². The Bertz CT molecular complexity index is 422. The van der Waals surface area contributed by atoms with Gasteiger partial charge < -0.3 is 4.74 Å². The standard InChI is InChI=1S/C7H8BrNO3S2/c8-6-1-2-7(13-6)14(10,11)9-3-4-12-5-9/h1-2H,3-5H2. The van der Waals surface area contributed by atoms with Crippen LogP contribution in [0, 0.1) is 0 Å². The number of ether oxygens (including phenoxy) is 1. The smallest absolute Gasteiger partial charge is 0.254 e. The van der Waals surface area contributed by atoms with E-state index in [-0.39, 0.29) is 6.73 Å². The van der Waals surface area contributed by atoms with E-state index in [9.17, 15) is 8.42 Å². The van der Waals surface area contributed by atoms with E-state index in [1.54, 1.807) is 12.1 Å². The molecule has 0 amide bonds. The molecule has 1 aromatic heterocycles. The second-order valence-electron chi connectivity index (χ2n) is 2.78. The van der Waals surface area contributed by atoms with Crippen molar-refractivity contribution in [1.29, 1.82) is 0 Å². The lowest BCUT2D eigenvalue weighted by molar-refractivity contribution is 0.172. The van der Waals surface area contributed by atoms with E-state index in [2.05, 4.69) is 15.9 Å². The van der Waals surface area contributed by atoms with E-state index < -0.39 is 10.0 Å². The summed E-state index contributed by atoms with van der Waals surface area (Å²) in [5.74, 6) is 0. The number of rotatable bonds is 2. The average molecular weight is 298 g/mol. The monoisotopic (exact) mass is 297 g/mol. The molecule has 0 saturated carbocycles. The molecule has 1 fully saturated rings. The first-order valence-electron chi connectivity index (χ1n) is 3.94. The Morgan fingerprint density at radius 3 is 2.79 bits per heavy atom. The van der Waals surface area contributed by atoms with Crippen molar-refractivity contribution in [3.63, 3.8) is 0 Å². The molecule has 4 nitrogen and oxygen atoms in total. The van der Waals surface area contributed by atoms with Gasteiger partial charge in [0.1, 0.15) is 10.9 Å². The molecule has 0 radical (unpaired) electrons. The lowest BCUT2D eigenvalue weighted by Gasteiger charge is -2.11. The number of hydrogen-bond donors (Lipinski definition) is 0. The summed E-state index contributed by atoms with van der Waals surface area (Å²) in [5.41, 5.74) is 0. The maximum atomic E-state index is 11.9. The summed E-state index contributed by atoms with van der Waals surface area (Å²) in [4.78, 5) is 0. The fraction of sp³-hybridized carbons (Fsp3) is 0.429. The molecule has 2 heterocycles. The molecule has 2 rings (SSSR count). The van der Waals surface area contributed by atoms with Gasteiger partial charge in [0.05, 0.1) is 10.4 Å². The van der Waals surface area contributed by atoms with Gasteiger partial charge in [0, 0.05) is 6.54 Å². The van der Waals surface area contributed by atoms with Gasteiger partial charge in [0.2, 0.25) is 0 Å². The van der Waals surface area contributed by atoms with Crippen LogP contribution in [0.2, 0.25) is 0 Å². The van der Waals surface area contributed by atoms with Gasteiger partial charge in [-0.1, -0.05) is 0 Å². The lowest BCUT2D eigenvalue weighted by Crippen LogP contribution is -2.27. The topological polar surface area (TPSA) is 46.6 Å². The Morgan fingerprint density at radius 2 is 2.29 bits per heavy atom. The number of hydrogen-bond acceptors (Lipinski definition) is 4. The van der Waals surface area contributed by atoms with Gasteiger partial charge in [-0.25, -0.2) is 8.42 Å². The van der Waals surface area contributed by atoms with Crippen molar-refractivity contribution in [1.82, 2.24) is 4.31 Å². The van der Waals surface area contributed by atoms with Crippen LogP contribution >= 0.6 is 27.3 Å². The van der Waals surface area contributed by atoms with Crippen molar-refractivity contribution in [2.24, 2.45) is 0 Å². The SMILES string of the molecule is O=S(=O)(c1ccc(Br)s1)N1CCOC1. The van der Waals surface area contributed by atoms with E-state index >= 15 is 0 Å². The van der Waals surface area contributed by atoms with Crippen molar-refractivity contribution in [2.75, 3.05) is 19.9 Å². The van der Waals surface area contributed by atoms with Crippen LogP contribution in [0.25, 0.3) is 0 Å². The third-order valence-corrected chi connectivity index (χ3v) is 5.78. The van der Waals surface area contributed by atoms with E-state index in [1.807, 2.05) is 0 Å². The zero-order valence-corrected chi connectivity index (χ0v) is 10.4. The first-order chi connectivity index (χ1) is 6.60. The van der Waals surface area contributed by atoms with E-state index in [0.717, 1.165) is 3.79 Å². The molecule has 14 heavy (non-hydrogen) atoms. The molecule has 0 bridgehead atoms.